The summed E-state index contributed by atoms with van der Waals surface area (Å²) in [5.74, 6) is 0.880. The molecule has 0 saturated carbocycles. The van der Waals surface area contributed by atoms with E-state index < -0.39 is 7.92 Å². The summed E-state index contributed by atoms with van der Waals surface area (Å²) in [6.45, 7) is 0.637. The molecule has 3 aromatic carbocycles. The van der Waals surface area contributed by atoms with Gasteiger partial charge in [0.2, 0.25) is 5.90 Å². The fourth-order valence-electron chi connectivity index (χ4n) is 5.64. The lowest BCUT2D eigenvalue weighted by atomic mass is 9.80. The maximum absolute atomic E-state index is 6.29. The fourth-order valence-corrected chi connectivity index (χ4v) is 8.52. The first kappa shape index (κ1) is 20.6. The number of hydrogen-bond donors (Lipinski definition) is 0. The van der Waals surface area contributed by atoms with Gasteiger partial charge in [0.15, 0.2) is 0 Å². The molecule has 1 heterocycles. The third kappa shape index (κ3) is 3.67. The van der Waals surface area contributed by atoms with E-state index in [9.17, 15) is 0 Å². The highest BCUT2D eigenvalue weighted by atomic mass is 31.1. The Morgan fingerprint density at radius 1 is 0.727 bits per heavy atom. The Morgan fingerprint density at radius 3 is 1.94 bits per heavy atom. The lowest BCUT2D eigenvalue weighted by Gasteiger charge is -2.36. The normalized spacial score (nSPS) is 24.0. The Labute approximate surface area is 197 Å². The number of nitrogens with zero attached hydrogens (tertiary/aromatic N) is 1. The van der Waals surface area contributed by atoms with E-state index in [-0.39, 0.29) is 11.5 Å². The minimum absolute atomic E-state index is 0.0435. The molecule has 2 atom stereocenters. The van der Waals surface area contributed by atoms with E-state index in [1.807, 2.05) is 0 Å². The largest absolute Gasteiger partial charge is 0.475 e. The molecule has 3 heteroatoms. The van der Waals surface area contributed by atoms with Crippen molar-refractivity contribution in [2.45, 2.75) is 31.7 Å². The molecule has 0 N–H and O–H groups in total. The monoisotopic (exact) mass is 449 g/mol. The zero-order valence-electron chi connectivity index (χ0n) is 18.7. The summed E-state index contributed by atoms with van der Waals surface area (Å²) in [6, 6.07) is 32.8. The van der Waals surface area contributed by atoms with Gasteiger partial charge in [0.05, 0.1) is 0 Å². The van der Waals surface area contributed by atoms with Crippen molar-refractivity contribution in [2.75, 3.05) is 6.61 Å². The van der Waals surface area contributed by atoms with Gasteiger partial charge in [0.25, 0.3) is 0 Å². The van der Waals surface area contributed by atoms with E-state index in [0.29, 0.717) is 6.61 Å². The molecule has 2 nitrogen and oxygen atoms in total. The molecule has 1 spiro atoms. The number of aliphatic imine (C=N–C) groups is 1. The van der Waals surface area contributed by atoms with Crippen LogP contribution in [0.15, 0.2) is 119 Å². The van der Waals surface area contributed by atoms with Crippen LogP contribution in [-0.2, 0) is 4.74 Å². The second-order valence-electron chi connectivity index (χ2n) is 9.04. The Kier molecular flexibility index (Phi) is 5.48. The SMILES string of the molecule is C1=C(C2=NC(c3ccccc3)CO2)C2(CC1)CCC=C2P(c1ccccc1)c1ccccc1. The van der Waals surface area contributed by atoms with Crippen LogP contribution in [0.2, 0.25) is 0 Å². The second-order valence-corrected chi connectivity index (χ2v) is 11.2. The first-order chi connectivity index (χ1) is 16.4. The zero-order chi connectivity index (χ0) is 22.1. The molecular formula is C30H28NOP. The van der Waals surface area contributed by atoms with Crippen LogP contribution in [0.4, 0.5) is 0 Å². The second kappa shape index (κ2) is 8.76. The van der Waals surface area contributed by atoms with Gasteiger partial charge in [-0.2, -0.15) is 0 Å². The molecule has 164 valence electrons. The molecule has 2 aliphatic carbocycles. The molecule has 0 saturated heterocycles. The van der Waals surface area contributed by atoms with Crippen molar-refractivity contribution < 1.29 is 4.74 Å². The minimum atomic E-state index is -0.598. The Bertz CT molecular complexity index is 1170. The first-order valence-corrected chi connectivity index (χ1v) is 13.3. The highest BCUT2D eigenvalue weighted by Crippen LogP contribution is 2.63. The average Bonchev–Trinajstić information content (AvgIpc) is 3.63. The highest BCUT2D eigenvalue weighted by molar-refractivity contribution is 7.76. The molecular weight excluding hydrogens is 421 g/mol. The van der Waals surface area contributed by atoms with Gasteiger partial charge in [-0.25, -0.2) is 4.99 Å². The minimum Gasteiger partial charge on any atom is -0.475 e. The molecule has 33 heavy (non-hydrogen) atoms. The van der Waals surface area contributed by atoms with Gasteiger partial charge in [0, 0.05) is 11.0 Å². The quantitative estimate of drug-likeness (QED) is 0.399. The van der Waals surface area contributed by atoms with E-state index in [2.05, 4.69) is 103 Å². The predicted molar refractivity (Wildman–Crippen MR) is 139 cm³/mol. The van der Waals surface area contributed by atoms with Crippen molar-refractivity contribution in [1.82, 2.24) is 0 Å². The summed E-state index contributed by atoms with van der Waals surface area (Å²) in [5.41, 5.74) is 2.61. The molecule has 1 aliphatic heterocycles. The average molecular weight is 450 g/mol. The summed E-state index contributed by atoms with van der Waals surface area (Å²) >= 11 is 0. The summed E-state index contributed by atoms with van der Waals surface area (Å²) in [5, 5.41) is 4.44. The topological polar surface area (TPSA) is 21.6 Å². The molecule has 0 radical (unpaired) electrons. The van der Waals surface area contributed by atoms with Crippen molar-refractivity contribution in [1.29, 1.82) is 0 Å². The van der Waals surface area contributed by atoms with E-state index in [1.165, 1.54) is 21.7 Å². The Hall–Kier alpha value is -2.96. The lowest BCUT2D eigenvalue weighted by Crippen LogP contribution is -2.28. The highest BCUT2D eigenvalue weighted by Gasteiger charge is 2.49. The Balaban J connectivity index is 1.40. The van der Waals surface area contributed by atoms with Crippen molar-refractivity contribution in [3.63, 3.8) is 0 Å². The Morgan fingerprint density at radius 2 is 1.30 bits per heavy atom. The van der Waals surface area contributed by atoms with Gasteiger partial charge in [0.1, 0.15) is 12.6 Å². The zero-order valence-corrected chi connectivity index (χ0v) is 19.6. The summed E-state index contributed by atoms with van der Waals surface area (Å²) < 4.78 is 6.29. The van der Waals surface area contributed by atoms with Gasteiger partial charge < -0.3 is 4.74 Å². The smallest absolute Gasteiger partial charge is 0.213 e. The third-order valence-electron chi connectivity index (χ3n) is 7.17. The first-order valence-electron chi connectivity index (χ1n) is 11.9. The van der Waals surface area contributed by atoms with Crippen molar-refractivity contribution in [2.24, 2.45) is 10.4 Å². The van der Waals surface area contributed by atoms with Crippen LogP contribution in [0, 0.1) is 5.41 Å². The van der Waals surface area contributed by atoms with Crippen molar-refractivity contribution >= 4 is 24.4 Å². The summed E-state index contributed by atoms with van der Waals surface area (Å²) in [4.78, 5) is 5.10. The van der Waals surface area contributed by atoms with E-state index in [4.69, 9.17) is 9.73 Å². The predicted octanol–water partition coefficient (Wildman–Crippen LogP) is 6.67. The molecule has 6 rings (SSSR count). The number of rotatable bonds is 5. The van der Waals surface area contributed by atoms with Gasteiger partial charge in [-0.3, -0.25) is 0 Å². The molecule has 0 amide bonds. The van der Waals surface area contributed by atoms with E-state index in [0.717, 1.165) is 31.6 Å². The van der Waals surface area contributed by atoms with Gasteiger partial charge in [-0.05, 0) is 55.1 Å². The van der Waals surface area contributed by atoms with Crippen LogP contribution < -0.4 is 10.6 Å². The summed E-state index contributed by atoms with van der Waals surface area (Å²) in [6.07, 6.45) is 9.48. The molecule has 0 aromatic heterocycles. The number of hydrogen-bond acceptors (Lipinski definition) is 2. The van der Waals surface area contributed by atoms with Crippen LogP contribution in [0.25, 0.3) is 0 Å². The van der Waals surface area contributed by atoms with Gasteiger partial charge >= 0.3 is 0 Å². The van der Waals surface area contributed by atoms with Gasteiger partial charge in [-0.15, -0.1) is 0 Å². The maximum Gasteiger partial charge on any atom is 0.213 e. The van der Waals surface area contributed by atoms with Crippen LogP contribution in [0.3, 0.4) is 0 Å². The lowest BCUT2D eigenvalue weighted by molar-refractivity contribution is 0.311. The van der Waals surface area contributed by atoms with E-state index in [1.54, 1.807) is 5.31 Å². The van der Waals surface area contributed by atoms with Crippen LogP contribution in [-0.4, -0.2) is 12.5 Å². The number of allylic oxidation sites excluding steroid dienone is 3. The number of benzene rings is 3. The standard InChI is InChI=1S/C30H28NOP/c1-4-12-23(13-5-1)27-22-32-29(31-27)26-18-10-20-30(26)21-11-19-28(30)33(24-14-6-2-7-15-24)25-16-8-3-9-17-25/h1-9,12-19,27H,10-11,20-22H2. The third-order valence-corrected chi connectivity index (χ3v) is 9.89. The van der Waals surface area contributed by atoms with Crippen LogP contribution in [0.5, 0.6) is 0 Å². The molecule has 0 fully saturated rings. The molecule has 0 bridgehead atoms. The molecule has 3 aliphatic rings. The maximum atomic E-state index is 6.29. The molecule has 3 aromatic rings. The number of ether oxygens (including phenoxy) is 1. The van der Waals surface area contributed by atoms with Crippen LogP contribution in [0.1, 0.15) is 37.3 Å². The van der Waals surface area contributed by atoms with Crippen molar-refractivity contribution in [3.8, 4) is 0 Å². The van der Waals surface area contributed by atoms with E-state index >= 15 is 0 Å². The van der Waals surface area contributed by atoms with Gasteiger partial charge in [-0.1, -0.05) is 103 Å². The molecule has 2 unspecified atom stereocenters. The summed E-state index contributed by atoms with van der Waals surface area (Å²) in [7, 11) is -0.598. The fraction of sp³-hybridized carbons (Fsp3) is 0.233. The van der Waals surface area contributed by atoms with Crippen molar-refractivity contribution in [3.05, 3.63) is 120 Å². The van der Waals surface area contributed by atoms with Crippen LogP contribution >= 0.6 is 7.92 Å².